The lowest BCUT2D eigenvalue weighted by molar-refractivity contribution is -0.123. The van der Waals surface area contributed by atoms with E-state index in [2.05, 4.69) is 11.9 Å². The van der Waals surface area contributed by atoms with Gasteiger partial charge in [-0.05, 0) is 33.0 Å². The maximum Gasteiger partial charge on any atom is 0.241 e. The van der Waals surface area contributed by atoms with Gasteiger partial charge in [0.25, 0.3) is 0 Å². The molecule has 0 heterocycles. The molecule has 1 aromatic carbocycles. The molecule has 0 bridgehead atoms. The van der Waals surface area contributed by atoms with E-state index in [9.17, 15) is 9.59 Å². The average Bonchev–Trinajstić information content (AvgIpc) is 2.44. The third-order valence-corrected chi connectivity index (χ3v) is 2.95. The van der Waals surface area contributed by atoms with Gasteiger partial charge >= 0.3 is 0 Å². The lowest BCUT2D eigenvalue weighted by Crippen LogP contribution is -2.44. The number of benzene rings is 1. The van der Waals surface area contributed by atoms with E-state index in [-0.39, 0.29) is 30.9 Å². The van der Waals surface area contributed by atoms with Crippen LogP contribution in [0.5, 0.6) is 0 Å². The predicted octanol–water partition coefficient (Wildman–Crippen LogP) is 1.66. The van der Waals surface area contributed by atoms with Gasteiger partial charge in [0.15, 0.2) is 0 Å². The van der Waals surface area contributed by atoms with Crippen molar-refractivity contribution in [2.45, 2.75) is 19.9 Å². The third kappa shape index (κ3) is 6.10. The monoisotopic (exact) mass is 303 g/mol. The number of hydrogen-bond acceptors (Lipinski definition) is 3. The van der Waals surface area contributed by atoms with E-state index < -0.39 is 0 Å². The first-order valence-corrected chi connectivity index (χ1v) is 7.38. The van der Waals surface area contributed by atoms with E-state index >= 15 is 0 Å². The van der Waals surface area contributed by atoms with Gasteiger partial charge in [-0.25, -0.2) is 0 Å². The van der Waals surface area contributed by atoms with Gasteiger partial charge < -0.3 is 10.2 Å². The number of carbonyl (C=O) groups excluding carboxylic acids is 2. The van der Waals surface area contributed by atoms with Crippen molar-refractivity contribution in [2.75, 3.05) is 31.6 Å². The zero-order valence-corrected chi connectivity index (χ0v) is 13.6. The van der Waals surface area contributed by atoms with Crippen LogP contribution in [0.25, 0.3) is 0 Å². The minimum absolute atomic E-state index is 0.0639. The Labute approximate surface area is 132 Å². The molecule has 5 nitrogen and oxygen atoms in total. The zero-order chi connectivity index (χ0) is 16.5. The Balaban J connectivity index is 2.64. The molecule has 0 radical (unpaired) electrons. The fourth-order valence-electron chi connectivity index (χ4n) is 2.07. The van der Waals surface area contributed by atoms with Crippen molar-refractivity contribution in [1.82, 2.24) is 10.2 Å². The van der Waals surface area contributed by atoms with Crippen LogP contribution in [0.2, 0.25) is 0 Å². The van der Waals surface area contributed by atoms with Gasteiger partial charge in [0, 0.05) is 18.3 Å². The topological polar surface area (TPSA) is 52.7 Å². The average molecular weight is 303 g/mol. The third-order valence-electron chi connectivity index (χ3n) is 2.95. The first-order chi connectivity index (χ1) is 10.4. The first-order valence-electron chi connectivity index (χ1n) is 7.38. The van der Waals surface area contributed by atoms with Crippen molar-refractivity contribution in [3.8, 4) is 0 Å². The molecule has 0 saturated carbocycles. The number of para-hydroxylation sites is 1. The molecule has 0 unspecified atom stereocenters. The molecular weight excluding hydrogens is 278 g/mol. The second-order valence-electron chi connectivity index (χ2n) is 5.52. The zero-order valence-electron chi connectivity index (χ0n) is 13.6. The lowest BCUT2D eigenvalue weighted by atomic mass is 10.2. The number of anilines is 1. The highest BCUT2D eigenvalue weighted by Crippen LogP contribution is 2.13. The molecule has 0 aliphatic carbocycles. The van der Waals surface area contributed by atoms with Crippen LogP contribution in [0.4, 0.5) is 5.69 Å². The molecule has 5 heteroatoms. The second-order valence-corrected chi connectivity index (χ2v) is 5.52. The van der Waals surface area contributed by atoms with E-state index in [1.54, 1.807) is 22.9 Å². The van der Waals surface area contributed by atoms with Gasteiger partial charge in [-0.2, -0.15) is 0 Å². The van der Waals surface area contributed by atoms with Crippen LogP contribution in [0.1, 0.15) is 13.8 Å². The van der Waals surface area contributed by atoms with Crippen molar-refractivity contribution < 1.29 is 9.59 Å². The van der Waals surface area contributed by atoms with Crippen molar-refractivity contribution >= 4 is 17.5 Å². The Morgan fingerprint density at radius 2 is 1.86 bits per heavy atom. The summed E-state index contributed by atoms with van der Waals surface area (Å²) < 4.78 is 0. The molecule has 0 aromatic heterocycles. The van der Waals surface area contributed by atoms with Gasteiger partial charge in [0.05, 0.1) is 13.1 Å². The van der Waals surface area contributed by atoms with Gasteiger partial charge in [-0.15, -0.1) is 6.58 Å². The minimum Gasteiger partial charge on any atom is -0.353 e. The van der Waals surface area contributed by atoms with Crippen LogP contribution in [-0.4, -0.2) is 49.4 Å². The summed E-state index contributed by atoms with van der Waals surface area (Å²) in [5.41, 5.74) is 0.826. The number of amides is 2. The lowest BCUT2D eigenvalue weighted by Gasteiger charge is -2.24. The van der Waals surface area contributed by atoms with Crippen LogP contribution in [0.3, 0.4) is 0 Å². The molecule has 0 atom stereocenters. The Kier molecular flexibility index (Phi) is 7.32. The summed E-state index contributed by atoms with van der Waals surface area (Å²) in [7, 11) is 1.76. The summed E-state index contributed by atoms with van der Waals surface area (Å²) in [5.74, 6) is -0.147. The molecule has 120 valence electrons. The summed E-state index contributed by atoms with van der Waals surface area (Å²) in [6.07, 6.45) is 1.69. The highest BCUT2D eigenvalue weighted by Gasteiger charge is 2.17. The minimum atomic E-state index is -0.0831. The van der Waals surface area contributed by atoms with E-state index in [4.69, 9.17) is 0 Å². The van der Waals surface area contributed by atoms with Crippen LogP contribution >= 0.6 is 0 Å². The van der Waals surface area contributed by atoms with Crippen LogP contribution < -0.4 is 10.2 Å². The highest BCUT2D eigenvalue weighted by molar-refractivity contribution is 5.95. The second kappa shape index (κ2) is 9.00. The fourth-order valence-corrected chi connectivity index (χ4v) is 2.07. The number of likely N-dealkylation sites (N-methyl/N-ethyl adjacent to an activating group) is 1. The fraction of sp³-hybridized carbons (Fsp3) is 0.412. The van der Waals surface area contributed by atoms with E-state index in [0.29, 0.717) is 6.54 Å². The molecule has 0 saturated heterocycles. The van der Waals surface area contributed by atoms with Crippen LogP contribution in [0, 0.1) is 0 Å². The van der Waals surface area contributed by atoms with Crippen molar-refractivity contribution in [1.29, 1.82) is 0 Å². The van der Waals surface area contributed by atoms with Gasteiger partial charge in [-0.1, -0.05) is 24.3 Å². The van der Waals surface area contributed by atoms with Crippen molar-refractivity contribution in [2.24, 2.45) is 0 Å². The quantitative estimate of drug-likeness (QED) is 0.743. The molecule has 0 aliphatic rings. The highest BCUT2D eigenvalue weighted by atomic mass is 16.2. The summed E-state index contributed by atoms with van der Waals surface area (Å²) in [6, 6.07) is 9.54. The van der Waals surface area contributed by atoms with Crippen molar-refractivity contribution in [3.63, 3.8) is 0 Å². The summed E-state index contributed by atoms with van der Waals surface area (Å²) in [4.78, 5) is 27.5. The summed E-state index contributed by atoms with van der Waals surface area (Å²) >= 11 is 0. The SMILES string of the molecule is C=CCN(C(=O)CN(C)CC(=O)NC(C)C)c1ccccc1. The Morgan fingerprint density at radius 3 is 2.41 bits per heavy atom. The number of nitrogens with zero attached hydrogens (tertiary/aromatic N) is 2. The Bertz CT molecular complexity index is 500. The Hall–Kier alpha value is -2.14. The number of hydrogen-bond donors (Lipinski definition) is 1. The number of nitrogens with one attached hydrogen (secondary N) is 1. The molecule has 1 N–H and O–H groups in total. The van der Waals surface area contributed by atoms with Crippen LogP contribution in [0.15, 0.2) is 43.0 Å². The summed E-state index contributed by atoms with van der Waals surface area (Å²) in [6.45, 7) is 8.32. The normalized spacial score (nSPS) is 10.6. The van der Waals surface area contributed by atoms with Gasteiger partial charge in [-0.3, -0.25) is 14.5 Å². The first kappa shape index (κ1) is 17.9. The Morgan fingerprint density at radius 1 is 1.23 bits per heavy atom. The van der Waals surface area contributed by atoms with Crippen molar-refractivity contribution in [3.05, 3.63) is 43.0 Å². The van der Waals surface area contributed by atoms with Crippen LogP contribution in [-0.2, 0) is 9.59 Å². The molecule has 2 amide bonds. The summed E-state index contributed by atoms with van der Waals surface area (Å²) in [5, 5.41) is 2.81. The van der Waals surface area contributed by atoms with E-state index in [1.165, 1.54) is 0 Å². The van der Waals surface area contributed by atoms with Gasteiger partial charge in [0.1, 0.15) is 0 Å². The molecular formula is C17H25N3O2. The maximum absolute atomic E-state index is 12.5. The standard InChI is InChI=1S/C17H25N3O2/c1-5-11-20(15-9-7-6-8-10-15)17(22)13-19(4)12-16(21)18-14(2)3/h5-10,14H,1,11-13H2,2-4H3,(H,18,21). The smallest absolute Gasteiger partial charge is 0.241 e. The number of carbonyl (C=O) groups is 2. The maximum atomic E-state index is 12.5. The molecule has 0 fully saturated rings. The molecule has 0 aliphatic heterocycles. The molecule has 1 aromatic rings. The molecule has 0 spiro atoms. The molecule has 1 rings (SSSR count). The predicted molar refractivity (Wildman–Crippen MR) is 89.8 cm³/mol. The molecule has 22 heavy (non-hydrogen) atoms. The van der Waals surface area contributed by atoms with E-state index in [0.717, 1.165) is 5.69 Å². The van der Waals surface area contributed by atoms with Gasteiger partial charge in [0.2, 0.25) is 11.8 Å². The van der Waals surface area contributed by atoms with E-state index in [1.807, 2.05) is 44.2 Å². The largest absolute Gasteiger partial charge is 0.353 e. The number of rotatable bonds is 8.